The highest BCUT2D eigenvalue weighted by molar-refractivity contribution is 6.39. The largest absolute Gasteiger partial charge is 0.490 e. The van der Waals surface area contributed by atoms with Crippen molar-refractivity contribution in [3.05, 3.63) is 94.1 Å². The maximum Gasteiger partial charge on any atom is 0.335 e. The number of aryl methyl sites for hydroxylation is 3. The number of anilines is 1. The van der Waals surface area contributed by atoms with Gasteiger partial charge in [-0.3, -0.25) is 14.9 Å². The summed E-state index contributed by atoms with van der Waals surface area (Å²) in [4.78, 5) is 39.6. The summed E-state index contributed by atoms with van der Waals surface area (Å²) in [6.45, 7) is 8.71. The van der Waals surface area contributed by atoms with Crippen LogP contribution in [0.5, 0.6) is 11.5 Å². The van der Waals surface area contributed by atoms with E-state index in [-0.39, 0.29) is 5.57 Å². The van der Waals surface area contributed by atoms with Gasteiger partial charge in [0.25, 0.3) is 11.8 Å². The molecule has 0 atom stereocenters. The van der Waals surface area contributed by atoms with Gasteiger partial charge >= 0.3 is 6.03 Å². The molecule has 4 rings (SSSR count). The van der Waals surface area contributed by atoms with Gasteiger partial charge in [0.15, 0.2) is 11.5 Å². The van der Waals surface area contributed by atoms with Crippen LogP contribution in [0.25, 0.3) is 6.08 Å². The van der Waals surface area contributed by atoms with Crippen LogP contribution in [-0.4, -0.2) is 24.5 Å². The topological polar surface area (TPSA) is 84.9 Å². The average Bonchev–Trinajstić information content (AvgIpc) is 2.88. The van der Waals surface area contributed by atoms with E-state index in [0.29, 0.717) is 42.4 Å². The Morgan fingerprint density at radius 1 is 0.865 bits per heavy atom. The molecule has 3 aromatic carbocycles. The standard InChI is InChI=1S/C30H30N2O5/c1-5-23-9-7-8-10-25(23)32-29(34)24(28(33)31-30(32)35)16-21-13-14-26(27(17-21)36-6-2)37-18-22-12-11-19(3)20(4)15-22/h7-17H,5-6,18H2,1-4H3,(H,31,33,35)/b24-16-. The number of hydrogen-bond acceptors (Lipinski definition) is 5. The molecule has 1 saturated heterocycles. The molecular weight excluding hydrogens is 468 g/mol. The lowest BCUT2D eigenvalue weighted by atomic mass is 10.0. The van der Waals surface area contributed by atoms with Gasteiger partial charge in [0, 0.05) is 0 Å². The third-order valence-corrected chi connectivity index (χ3v) is 6.26. The lowest BCUT2D eigenvalue weighted by molar-refractivity contribution is -0.122. The predicted octanol–water partition coefficient (Wildman–Crippen LogP) is 5.51. The van der Waals surface area contributed by atoms with Gasteiger partial charge in [-0.2, -0.15) is 0 Å². The van der Waals surface area contributed by atoms with Crippen LogP contribution < -0.4 is 19.7 Å². The fourth-order valence-electron chi connectivity index (χ4n) is 4.13. The van der Waals surface area contributed by atoms with Crippen LogP contribution in [0.3, 0.4) is 0 Å². The Labute approximate surface area is 216 Å². The number of barbiturate groups is 1. The molecule has 1 aliphatic heterocycles. The van der Waals surface area contributed by atoms with Crippen LogP contribution in [0.15, 0.2) is 66.2 Å². The monoisotopic (exact) mass is 498 g/mol. The quantitative estimate of drug-likeness (QED) is 0.327. The number of carbonyl (C=O) groups is 3. The van der Waals surface area contributed by atoms with Crippen LogP contribution in [0.1, 0.15) is 41.7 Å². The average molecular weight is 499 g/mol. The summed E-state index contributed by atoms with van der Waals surface area (Å²) < 4.78 is 11.8. The van der Waals surface area contributed by atoms with Crippen molar-refractivity contribution in [2.24, 2.45) is 0 Å². The fourth-order valence-corrected chi connectivity index (χ4v) is 4.13. The summed E-state index contributed by atoms with van der Waals surface area (Å²) in [5.41, 5.74) is 5.15. The molecule has 7 heteroatoms. The van der Waals surface area contributed by atoms with E-state index in [4.69, 9.17) is 9.47 Å². The zero-order chi connectivity index (χ0) is 26.5. The zero-order valence-corrected chi connectivity index (χ0v) is 21.5. The van der Waals surface area contributed by atoms with E-state index >= 15 is 0 Å². The Hall–Kier alpha value is -4.39. The molecule has 0 aliphatic carbocycles. The molecule has 0 radical (unpaired) electrons. The van der Waals surface area contributed by atoms with Crippen LogP contribution in [0, 0.1) is 13.8 Å². The zero-order valence-electron chi connectivity index (χ0n) is 21.5. The molecule has 1 heterocycles. The van der Waals surface area contributed by atoms with Crippen molar-refractivity contribution in [2.75, 3.05) is 11.5 Å². The summed E-state index contributed by atoms with van der Waals surface area (Å²) in [6.07, 6.45) is 2.09. The van der Waals surface area contributed by atoms with E-state index in [2.05, 4.69) is 31.3 Å². The Bertz CT molecular complexity index is 1390. The smallest absolute Gasteiger partial charge is 0.335 e. The molecule has 0 bridgehead atoms. The van der Waals surface area contributed by atoms with E-state index in [0.717, 1.165) is 16.0 Å². The van der Waals surface area contributed by atoms with Crippen molar-refractivity contribution in [3.8, 4) is 11.5 Å². The van der Waals surface area contributed by atoms with Crippen molar-refractivity contribution in [3.63, 3.8) is 0 Å². The molecule has 3 aromatic rings. The minimum atomic E-state index is -0.766. The molecule has 0 saturated carbocycles. The number of nitrogens with zero attached hydrogens (tertiary/aromatic N) is 1. The van der Waals surface area contributed by atoms with Crippen molar-refractivity contribution >= 4 is 29.6 Å². The first-order chi connectivity index (χ1) is 17.8. The molecule has 37 heavy (non-hydrogen) atoms. The lowest BCUT2D eigenvalue weighted by Gasteiger charge is -2.28. The fraction of sp³-hybridized carbons (Fsp3) is 0.233. The number of imide groups is 2. The summed E-state index contributed by atoms with van der Waals surface area (Å²) in [7, 11) is 0. The van der Waals surface area contributed by atoms with E-state index in [1.807, 2.05) is 32.0 Å². The normalized spacial score (nSPS) is 14.6. The van der Waals surface area contributed by atoms with Gasteiger partial charge in [-0.25, -0.2) is 9.69 Å². The SMILES string of the molecule is CCOc1cc(/C=C2/C(=O)NC(=O)N(c3ccccc3CC)C2=O)ccc1OCc1ccc(C)c(C)c1. The molecule has 1 fully saturated rings. The second kappa shape index (κ2) is 11.1. The maximum atomic E-state index is 13.3. The second-order valence-corrected chi connectivity index (χ2v) is 8.79. The third-order valence-electron chi connectivity index (χ3n) is 6.26. The van der Waals surface area contributed by atoms with E-state index in [9.17, 15) is 14.4 Å². The minimum absolute atomic E-state index is 0.142. The van der Waals surface area contributed by atoms with Crippen molar-refractivity contribution in [1.82, 2.24) is 5.32 Å². The van der Waals surface area contributed by atoms with Crippen molar-refractivity contribution < 1.29 is 23.9 Å². The summed E-state index contributed by atoms with van der Waals surface area (Å²) in [5, 5.41) is 2.28. The number of nitrogens with one attached hydrogen (secondary N) is 1. The van der Waals surface area contributed by atoms with Crippen LogP contribution >= 0.6 is 0 Å². The van der Waals surface area contributed by atoms with Gasteiger partial charge in [-0.05, 0) is 79.3 Å². The first-order valence-corrected chi connectivity index (χ1v) is 12.3. The number of urea groups is 1. The maximum absolute atomic E-state index is 13.3. The van der Waals surface area contributed by atoms with E-state index in [1.165, 1.54) is 17.2 Å². The second-order valence-electron chi connectivity index (χ2n) is 8.79. The summed E-state index contributed by atoms with van der Waals surface area (Å²) in [6, 6.07) is 17.8. The molecule has 190 valence electrons. The van der Waals surface area contributed by atoms with Crippen molar-refractivity contribution in [1.29, 1.82) is 0 Å². The molecule has 0 spiro atoms. The number of hydrogen-bond donors (Lipinski definition) is 1. The van der Waals surface area contributed by atoms with E-state index < -0.39 is 17.8 Å². The number of para-hydroxylation sites is 1. The highest BCUT2D eigenvalue weighted by atomic mass is 16.5. The molecule has 1 aliphatic rings. The van der Waals surface area contributed by atoms with Crippen molar-refractivity contribution in [2.45, 2.75) is 40.7 Å². The first-order valence-electron chi connectivity index (χ1n) is 12.3. The Kier molecular flexibility index (Phi) is 7.72. The number of ether oxygens (including phenoxy) is 2. The van der Waals surface area contributed by atoms with Crippen LogP contribution in [-0.2, 0) is 22.6 Å². The molecule has 1 N–H and O–H groups in total. The number of rotatable bonds is 8. The molecule has 0 unspecified atom stereocenters. The molecular formula is C30H30N2O5. The van der Waals surface area contributed by atoms with Gasteiger partial charge in [0.1, 0.15) is 12.2 Å². The van der Waals surface area contributed by atoms with Gasteiger partial charge in [0.05, 0.1) is 12.3 Å². The van der Waals surface area contributed by atoms with E-state index in [1.54, 1.807) is 30.3 Å². The van der Waals surface area contributed by atoms with Gasteiger partial charge in [0.2, 0.25) is 0 Å². The summed E-state index contributed by atoms with van der Waals surface area (Å²) >= 11 is 0. The van der Waals surface area contributed by atoms with Crippen LogP contribution in [0.4, 0.5) is 10.5 Å². The highest BCUT2D eigenvalue weighted by Gasteiger charge is 2.37. The molecule has 0 aromatic heterocycles. The number of benzene rings is 3. The number of carbonyl (C=O) groups excluding carboxylic acids is 3. The summed E-state index contributed by atoms with van der Waals surface area (Å²) in [5.74, 6) is -0.375. The Morgan fingerprint density at radius 3 is 2.38 bits per heavy atom. The molecule has 4 amide bonds. The highest BCUT2D eigenvalue weighted by Crippen LogP contribution is 2.31. The number of amides is 4. The first kappa shape index (κ1) is 25.7. The predicted molar refractivity (Wildman–Crippen MR) is 143 cm³/mol. The van der Waals surface area contributed by atoms with Crippen LogP contribution in [0.2, 0.25) is 0 Å². The Morgan fingerprint density at radius 2 is 1.65 bits per heavy atom. The van der Waals surface area contributed by atoms with Gasteiger partial charge in [-0.15, -0.1) is 0 Å². The minimum Gasteiger partial charge on any atom is -0.490 e. The lowest BCUT2D eigenvalue weighted by Crippen LogP contribution is -2.54. The van der Waals surface area contributed by atoms with Gasteiger partial charge < -0.3 is 9.47 Å². The Balaban J connectivity index is 1.62. The van der Waals surface area contributed by atoms with Gasteiger partial charge in [-0.1, -0.05) is 49.4 Å². The molecule has 7 nitrogen and oxygen atoms in total. The third kappa shape index (κ3) is 5.56.